The summed E-state index contributed by atoms with van der Waals surface area (Å²) in [6, 6.07) is 5.84. The van der Waals surface area contributed by atoms with Gasteiger partial charge in [0.2, 0.25) is 15.9 Å². The van der Waals surface area contributed by atoms with Crippen LogP contribution >= 0.6 is 0 Å². The van der Waals surface area contributed by atoms with Crippen molar-refractivity contribution in [1.82, 2.24) is 9.21 Å². The van der Waals surface area contributed by atoms with Gasteiger partial charge >= 0.3 is 0 Å². The van der Waals surface area contributed by atoms with Crippen molar-refractivity contribution in [2.75, 3.05) is 43.4 Å². The van der Waals surface area contributed by atoms with Crippen LogP contribution in [0.25, 0.3) is 0 Å². The predicted octanol–water partition coefficient (Wildman–Crippen LogP) is 2.46. The molecule has 0 bridgehead atoms. The van der Waals surface area contributed by atoms with Crippen molar-refractivity contribution in [1.29, 1.82) is 0 Å². The fourth-order valence-corrected chi connectivity index (χ4v) is 5.86. The largest absolute Gasteiger partial charge is 0.370 e. The van der Waals surface area contributed by atoms with Gasteiger partial charge in [0.25, 0.3) is 0 Å². The van der Waals surface area contributed by atoms with Gasteiger partial charge in [-0.25, -0.2) is 12.8 Å². The van der Waals surface area contributed by atoms with Crippen molar-refractivity contribution in [3.63, 3.8) is 0 Å². The lowest BCUT2D eigenvalue weighted by atomic mass is 10.0. The van der Waals surface area contributed by atoms with Crippen molar-refractivity contribution in [2.45, 2.75) is 45.1 Å². The van der Waals surface area contributed by atoms with E-state index in [9.17, 15) is 17.6 Å². The molecule has 1 atom stereocenters. The highest BCUT2D eigenvalue weighted by Crippen LogP contribution is 2.24. The van der Waals surface area contributed by atoms with Crippen LogP contribution in [0.5, 0.6) is 0 Å². The van der Waals surface area contributed by atoms with Crippen LogP contribution in [-0.4, -0.2) is 68.0 Å². The SMILES string of the molecule is CCCS(=O)(=O)N1CCCCC1C(=O)N1CCCN(c2ccc(F)cc2)CC1. The summed E-state index contributed by atoms with van der Waals surface area (Å²) >= 11 is 0. The minimum absolute atomic E-state index is 0.0691. The molecule has 156 valence electrons. The molecule has 0 radical (unpaired) electrons. The highest BCUT2D eigenvalue weighted by atomic mass is 32.2. The summed E-state index contributed by atoms with van der Waals surface area (Å²) in [5.74, 6) is -0.240. The van der Waals surface area contributed by atoms with Crippen molar-refractivity contribution in [2.24, 2.45) is 0 Å². The molecule has 0 saturated carbocycles. The van der Waals surface area contributed by atoms with E-state index in [1.807, 2.05) is 11.8 Å². The van der Waals surface area contributed by atoms with Gasteiger partial charge in [0.05, 0.1) is 5.75 Å². The third kappa shape index (κ3) is 4.84. The molecule has 2 aliphatic rings. The Kier molecular flexibility index (Phi) is 6.93. The maximum absolute atomic E-state index is 13.2. The van der Waals surface area contributed by atoms with Crippen molar-refractivity contribution >= 4 is 21.6 Å². The average molecular weight is 412 g/mol. The molecule has 1 amide bonds. The quantitative estimate of drug-likeness (QED) is 0.747. The summed E-state index contributed by atoms with van der Waals surface area (Å²) in [5, 5.41) is 0. The minimum atomic E-state index is -3.39. The van der Waals surface area contributed by atoms with Crippen LogP contribution < -0.4 is 4.90 Å². The summed E-state index contributed by atoms with van der Waals surface area (Å²) in [6.45, 7) is 4.90. The van der Waals surface area contributed by atoms with Crippen LogP contribution in [0.15, 0.2) is 24.3 Å². The second-order valence-electron chi connectivity index (χ2n) is 7.58. The van der Waals surface area contributed by atoms with E-state index in [0.29, 0.717) is 39.0 Å². The molecular formula is C20H30FN3O3S. The summed E-state index contributed by atoms with van der Waals surface area (Å²) in [4.78, 5) is 17.2. The Morgan fingerprint density at radius 1 is 1.04 bits per heavy atom. The molecule has 2 saturated heterocycles. The van der Waals surface area contributed by atoms with Crippen LogP contribution in [-0.2, 0) is 14.8 Å². The Labute approximate surface area is 167 Å². The number of nitrogens with zero attached hydrogens (tertiary/aromatic N) is 3. The van der Waals surface area contributed by atoms with E-state index >= 15 is 0 Å². The van der Waals surface area contributed by atoms with E-state index in [0.717, 1.165) is 31.5 Å². The molecule has 28 heavy (non-hydrogen) atoms. The summed E-state index contributed by atoms with van der Waals surface area (Å²) < 4.78 is 39.9. The molecule has 1 aromatic carbocycles. The van der Waals surface area contributed by atoms with E-state index in [1.54, 1.807) is 12.1 Å². The number of amides is 1. The van der Waals surface area contributed by atoms with Crippen LogP contribution in [0.1, 0.15) is 39.0 Å². The maximum Gasteiger partial charge on any atom is 0.241 e. The number of sulfonamides is 1. The zero-order chi connectivity index (χ0) is 20.1. The number of anilines is 1. The second kappa shape index (κ2) is 9.22. The molecule has 0 aromatic heterocycles. The van der Waals surface area contributed by atoms with E-state index in [4.69, 9.17) is 0 Å². The number of hydrogen-bond donors (Lipinski definition) is 0. The number of piperidine rings is 1. The third-order valence-corrected chi connectivity index (χ3v) is 7.63. The minimum Gasteiger partial charge on any atom is -0.370 e. The Morgan fingerprint density at radius 2 is 1.79 bits per heavy atom. The highest BCUT2D eigenvalue weighted by molar-refractivity contribution is 7.89. The van der Waals surface area contributed by atoms with Gasteiger partial charge in [-0.05, 0) is 49.9 Å². The van der Waals surface area contributed by atoms with Gasteiger partial charge in [0.15, 0.2) is 0 Å². The van der Waals surface area contributed by atoms with Gasteiger partial charge < -0.3 is 9.80 Å². The molecule has 8 heteroatoms. The molecule has 6 nitrogen and oxygen atoms in total. The number of carbonyl (C=O) groups excluding carboxylic acids is 1. The van der Waals surface area contributed by atoms with E-state index in [1.165, 1.54) is 16.4 Å². The van der Waals surface area contributed by atoms with Gasteiger partial charge in [-0.1, -0.05) is 13.3 Å². The predicted molar refractivity (Wildman–Crippen MR) is 108 cm³/mol. The molecule has 1 unspecified atom stereocenters. The Balaban J connectivity index is 1.68. The topological polar surface area (TPSA) is 60.9 Å². The first kappa shape index (κ1) is 21.0. The molecule has 2 heterocycles. The standard InChI is InChI=1S/C20H30FN3O3S/c1-2-16-28(26,27)24-13-4-3-6-19(24)20(25)23-12-5-11-22(14-15-23)18-9-7-17(21)8-10-18/h7-10,19H,2-6,11-16H2,1H3. The van der Waals surface area contributed by atoms with Gasteiger partial charge in [-0.15, -0.1) is 0 Å². The first-order valence-electron chi connectivity index (χ1n) is 10.2. The van der Waals surface area contributed by atoms with Crippen molar-refractivity contribution < 1.29 is 17.6 Å². The monoisotopic (exact) mass is 411 g/mol. The Bertz CT molecular complexity index is 769. The van der Waals surface area contributed by atoms with Gasteiger partial charge in [-0.2, -0.15) is 4.31 Å². The average Bonchev–Trinajstić information content (AvgIpc) is 2.94. The van der Waals surface area contributed by atoms with Crippen molar-refractivity contribution in [3.8, 4) is 0 Å². The molecule has 0 aliphatic carbocycles. The highest BCUT2D eigenvalue weighted by Gasteiger charge is 2.38. The first-order chi connectivity index (χ1) is 13.4. The van der Waals surface area contributed by atoms with E-state index in [2.05, 4.69) is 4.90 Å². The first-order valence-corrected chi connectivity index (χ1v) is 11.8. The van der Waals surface area contributed by atoms with E-state index < -0.39 is 16.1 Å². The molecule has 2 fully saturated rings. The zero-order valence-corrected chi connectivity index (χ0v) is 17.3. The molecule has 0 N–H and O–H groups in total. The van der Waals surface area contributed by atoms with Crippen LogP contribution in [0, 0.1) is 5.82 Å². The number of halogens is 1. The molecule has 0 spiro atoms. The normalized spacial score (nSPS) is 22.1. The number of hydrogen-bond acceptors (Lipinski definition) is 4. The van der Waals surface area contributed by atoms with Crippen LogP contribution in [0.4, 0.5) is 10.1 Å². The lowest BCUT2D eigenvalue weighted by Crippen LogP contribution is -2.54. The fourth-order valence-electron chi connectivity index (χ4n) is 4.12. The summed E-state index contributed by atoms with van der Waals surface area (Å²) in [7, 11) is -3.39. The lowest BCUT2D eigenvalue weighted by molar-refractivity contribution is -0.136. The number of carbonyl (C=O) groups is 1. The zero-order valence-electron chi connectivity index (χ0n) is 16.5. The van der Waals surface area contributed by atoms with Gasteiger partial charge in [0.1, 0.15) is 11.9 Å². The summed E-state index contributed by atoms with van der Waals surface area (Å²) in [5.41, 5.74) is 0.945. The third-order valence-electron chi connectivity index (χ3n) is 5.56. The van der Waals surface area contributed by atoms with Gasteiger partial charge in [0, 0.05) is 38.4 Å². The molecule has 1 aromatic rings. The Morgan fingerprint density at radius 3 is 2.50 bits per heavy atom. The Hall–Kier alpha value is -1.67. The maximum atomic E-state index is 13.2. The number of benzene rings is 1. The lowest BCUT2D eigenvalue weighted by Gasteiger charge is -2.36. The molecule has 2 aliphatic heterocycles. The van der Waals surface area contributed by atoms with Crippen LogP contribution in [0.3, 0.4) is 0 Å². The molecular weight excluding hydrogens is 381 g/mol. The van der Waals surface area contributed by atoms with Crippen LogP contribution in [0.2, 0.25) is 0 Å². The smallest absolute Gasteiger partial charge is 0.241 e. The number of rotatable bonds is 5. The summed E-state index contributed by atoms with van der Waals surface area (Å²) in [6.07, 6.45) is 3.64. The van der Waals surface area contributed by atoms with E-state index in [-0.39, 0.29) is 17.5 Å². The van der Waals surface area contributed by atoms with Gasteiger partial charge in [-0.3, -0.25) is 4.79 Å². The second-order valence-corrected chi connectivity index (χ2v) is 9.62. The van der Waals surface area contributed by atoms with Crippen molar-refractivity contribution in [3.05, 3.63) is 30.1 Å². The molecule has 3 rings (SSSR count). The fraction of sp³-hybridized carbons (Fsp3) is 0.650.